The lowest BCUT2D eigenvalue weighted by Gasteiger charge is -2.30. The molecule has 3 aromatic heterocycles. The third-order valence-corrected chi connectivity index (χ3v) is 7.66. The van der Waals surface area contributed by atoms with Gasteiger partial charge in [-0.15, -0.1) is 0 Å². The van der Waals surface area contributed by atoms with Crippen LogP contribution in [0.15, 0.2) is 22.9 Å². The minimum Gasteiger partial charge on any atom is -0.365 e. The second-order valence-electron chi connectivity index (χ2n) is 10.7. The first-order valence-corrected chi connectivity index (χ1v) is 13.1. The number of hydrogen-bond acceptors (Lipinski definition) is 7. The van der Waals surface area contributed by atoms with Crippen molar-refractivity contribution in [3.63, 3.8) is 0 Å². The average Bonchev–Trinajstić information content (AvgIpc) is 3.49. The van der Waals surface area contributed by atoms with Crippen molar-refractivity contribution in [2.45, 2.75) is 52.4 Å². The van der Waals surface area contributed by atoms with E-state index in [4.69, 9.17) is 15.2 Å². The van der Waals surface area contributed by atoms with Crippen molar-refractivity contribution in [2.24, 2.45) is 17.6 Å². The Morgan fingerprint density at radius 1 is 1.13 bits per heavy atom. The zero-order chi connectivity index (χ0) is 28.0. The number of rotatable bonds is 6. The van der Waals surface area contributed by atoms with Gasteiger partial charge in [0.15, 0.2) is 11.6 Å². The van der Waals surface area contributed by atoms with Crippen molar-refractivity contribution < 1.29 is 18.5 Å². The highest BCUT2D eigenvalue weighted by atomic mass is 19.1. The van der Waals surface area contributed by atoms with Crippen LogP contribution >= 0.6 is 0 Å². The summed E-state index contributed by atoms with van der Waals surface area (Å²) in [4.78, 5) is 43.1. The summed E-state index contributed by atoms with van der Waals surface area (Å²) >= 11 is 0. The summed E-state index contributed by atoms with van der Waals surface area (Å²) in [6, 6.07) is 3.31. The van der Waals surface area contributed by atoms with Gasteiger partial charge in [0.25, 0.3) is 11.8 Å². The van der Waals surface area contributed by atoms with Crippen molar-refractivity contribution in [1.29, 1.82) is 0 Å². The van der Waals surface area contributed by atoms with E-state index in [0.717, 1.165) is 25.7 Å². The molecule has 0 aliphatic heterocycles. The van der Waals surface area contributed by atoms with Gasteiger partial charge >= 0.3 is 0 Å². The molecular formula is C28H32FN7O3. The molecule has 0 spiro atoms. The summed E-state index contributed by atoms with van der Waals surface area (Å²) < 4.78 is 21.8. The number of aryl methyl sites for hydroxylation is 2. The molecule has 3 N–H and O–H groups in total. The Morgan fingerprint density at radius 3 is 2.51 bits per heavy atom. The smallest absolute Gasteiger partial charge is 0.272 e. The molecule has 39 heavy (non-hydrogen) atoms. The summed E-state index contributed by atoms with van der Waals surface area (Å²) in [7, 11) is 3.22. The van der Waals surface area contributed by atoms with Crippen LogP contribution in [0.1, 0.15) is 82.5 Å². The Labute approximate surface area is 225 Å². The van der Waals surface area contributed by atoms with E-state index in [-0.39, 0.29) is 39.7 Å². The fraction of sp³-hybridized carbons (Fsp3) is 0.429. The molecule has 0 radical (unpaired) electrons. The van der Waals surface area contributed by atoms with Gasteiger partial charge in [-0.05, 0) is 50.7 Å². The van der Waals surface area contributed by atoms with Crippen LogP contribution in [0, 0.1) is 31.5 Å². The third-order valence-electron chi connectivity index (χ3n) is 7.66. The molecule has 1 saturated carbocycles. The SMILES string of the molecule is Cc1ncc(-c2ccc3[nH]c([C@@H](c4onc(C)c4C(N)=O)C4CCC(C)CC4)nc3c2F)c(C(=O)N(C)C)n1. The maximum absolute atomic E-state index is 16.1. The lowest BCUT2D eigenvalue weighted by atomic mass is 9.74. The van der Waals surface area contributed by atoms with E-state index in [0.29, 0.717) is 34.5 Å². The second kappa shape index (κ2) is 10.2. The Balaban J connectivity index is 1.65. The molecule has 5 rings (SSSR count). The molecule has 1 aromatic carbocycles. The van der Waals surface area contributed by atoms with Crippen LogP contribution < -0.4 is 5.73 Å². The number of aromatic amines is 1. The van der Waals surface area contributed by atoms with E-state index in [1.165, 1.54) is 11.1 Å². The van der Waals surface area contributed by atoms with Gasteiger partial charge < -0.3 is 20.1 Å². The van der Waals surface area contributed by atoms with Crippen LogP contribution in [0.3, 0.4) is 0 Å². The predicted octanol–water partition coefficient (Wildman–Crippen LogP) is 4.52. The molecule has 3 heterocycles. The van der Waals surface area contributed by atoms with Crippen LogP contribution in [0.5, 0.6) is 0 Å². The molecule has 1 fully saturated rings. The number of aromatic nitrogens is 5. The maximum Gasteiger partial charge on any atom is 0.272 e. The number of nitrogens with two attached hydrogens (primary N) is 1. The Morgan fingerprint density at radius 2 is 1.85 bits per heavy atom. The molecule has 1 aliphatic rings. The van der Waals surface area contributed by atoms with Crippen LogP contribution in [-0.4, -0.2) is 55.9 Å². The lowest BCUT2D eigenvalue weighted by Crippen LogP contribution is -2.24. The van der Waals surface area contributed by atoms with Crippen LogP contribution in [0.25, 0.3) is 22.2 Å². The van der Waals surface area contributed by atoms with E-state index in [1.54, 1.807) is 40.1 Å². The predicted molar refractivity (Wildman–Crippen MR) is 143 cm³/mol. The van der Waals surface area contributed by atoms with Gasteiger partial charge in [-0.3, -0.25) is 9.59 Å². The molecule has 0 bridgehead atoms. The molecule has 10 nitrogen and oxygen atoms in total. The Bertz CT molecular complexity index is 1570. The monoisotopic (exact) mass is 533 g/mol. The molecular weight excluding hydrogens is 501 g/mol. The highest BCUT2D eigenvalue weighted by molar-refractivity contribution is 5.99. The second-order valence-corrected chi connectivity index (χ2v) is 10.7. The van der Waals surface area contributed by atoms with E-state index in [2.05, 4.69) is 27.0 Å². The van der Waals surface area contributed by atoms with Gasteiger partial charge in [-0.1, -0.05) is 24.9 Å². The van der Waals surface area contributed by atoms with Gasteiger partial charge in [0.1, 0.15) is 28.4 Å². The van der Waals surface area contributed by atoms with Crippen molar-refractivity contribution >= 4 is 22.8 Å². The minimum atomic E-state index is -0.625. The number of imidazole rings is 1. The van der Waals surface area contributed by atoms with Crippen molar-refractivity contribution in [1.82, 2.24) is 30.0 Å². The summed E-state index contributed by atoms with van der Waals surface area (Å²) in [5, 5.41) is 4.03. The number of H-pyrrole nitrogens is 1. The number of carbonyl (C=O) groups is 2. The third kappa shape index (κ3) is 4.77. The number of benzene rings is 1. The number of carbonyl (C=O) groups excluding carboxylic acids is 2. The largest absolute Gasteiger partial charge is 0.365 e. The van der Waals surface area contributed by atoms with Crippen molar-refractivity contribution in [2.75, 3.05) is 14.1 Å². The Hall–Kier alpha value is -4.15. The van der Waals surface area contributed by atoms with Gasteiger partial charge in [-0.2, -0.15) is 0 Å². The number of hydrogen-bond donors (Lipinski definition) is 2. The highest BCUT2D eigenvalue weighted by Gasteiger charge is 2.37. The first kappa shape index (κ1) is 26.5. The molecule has 204 valence electrons. The molecule has 1 atom stereocenters. The zero-order valence-electron chi connectivity index (χ0n) is 22.7. The molecule has 11 heteroatoms. The first-order chi connectivity index (χ1) is 18.6. The normalized spacial score (nSPS) is 18.3. The molecule has 1 aliphatic carbocycles. The summed E-state index contributed by atoms with van der Waals surface area (Å²) in [5.41, 5.74) is 7.50. The van der Waals surface area contributed by atoms with Gasteiger partial charge in [-0.25, -0.2) is 19.3 Å². The molecule has 0 unspecified atom stereocenters. The fourth-order valence-electron chi connectivity index (χ4n) is 5.54. The first-order valence-electron chi connectivity index (χ1n) is 13.1. The van der Waals surface area contributed by atoms with Gasteiger partial charge in [0.05, 0.1) is 17.1 Å². The van der Waals surface area contributed by atoms with E-state index < -0.39 is 17.6 Å². The molecule has 2 amide bonds. The number of nitrogens with one attached hydrogen (secondary N) is 1. The lowest BCUT2D eigenvalue weighted by molar-refractivity contribution is 0.0822. The highest BCUT2D eigenvalue weighted by Crippen LogP contribution is 2.43. The van der Waals surface area contributed by atoms with Crippen LogP contribution in [0.4, 0.5) is 4.39 Å². The quantitative estimate of drug-likeness (QED) is 0.371. The topological polar surface area (TPSA) is 144 Å². The van der Waals surface area contributed by atoms with E-state index in [1.807, 2.05) is 0 Å². The fourth-order valence-corrected chi connectivity index (χ4v) is 5.54. The van der Waals surface area contributed by atoms with Crippen molar-refractivity contribution in [3.05, 3.63) is 58.5 Å². The number of primary amides is 1. The summed E-state index contributed by atoms with van der Waals surface area (Å²) in [6.07, 6.45) is 5.29. The number of nitrogens with zero attached hydrogens (tertiary/aromatic N) is 5. The number of fused-ring (bicyclic) bond motifs is 1. The van der Waals surface area contributed by atoms with Gasteiger partial charge in [0, 0.05) is 31.4 Å². The standard InChI is InChI=1S/C28H32FN7O3/c1-13-6-8-16(9-7-13)21(25-20(26(30)37)14(2)35-39-25)27-33-19-11-10-17(22(29)24(19)34-27)18-12-31-15(3)32-23(18)28(38)36(4)5/h10-13,16,21H,6-9H2,1-5H3,(H2,30,37)(H,33,34)/t13?,16?,21-/m1/s1. The van der Waals surface area contributed by atoms with E-state index in [9.17, 15) is 9.59 Å². The summed E-state index contributed by atoms with van der Waals surface area (Å²) in [6.45, 7) is 5.57. The molecule has 0 saturated heterocycles. The van der Waals surface area contributed by atoms with Crippen LogP contribution in [-0.2, 0) is 0 Å². The van der Waals surface area contributed by atoms with E-state index >= 15 is 4.39 Å². The average molecular weight is 534 g/mol. The van der Waals surface area contributed by atoms with Crippen LogP contribution in [0.2, 0.25) is 0 Å². The molecule has 4 aromatic rings. The maximum atomic E-state index is 16.1. The number of halogens is 1. The number of amides is 2. The minimum absolute atomic E-state index is 0.101. The van der Waals surface area contributed by atoms with Crippen molar-refractivity contribution in [3.8, 4) is 11.1 Å². The summed E-state index contributed by atoms with van der Waals surface area (Å²) in [5.74, 6) is -0.104. The Kier molecular flexibility index (Phi) is 6.92. The van der Waals surface area contributed by atoms with Gasteiger partial charge in [0.2, 0.25) is 0 Å². The zero-order valence-corrected chi connectivity index (χ0v) is 22.7.